The molecule has 0 aliphatic heterocycles. The van der Waals surface area contributed by atoms with E-state index in [4.69, 9.17) is 16.9 Å². The second kappa shape index (κ2) is 5.52. The van der Waals surface area contributed by atoms with Gasteiger partial charge < -0.3 is 5.32 Å². The van der Waals surface area contributed by atoms with Gasteiger partial charge in [-0.3, -0.25) is 0 Å². The Labute approximate surface area is 110 Å². The molecule has 0 spiro atoms. The van der Waals surface area contributed by atoms with Crippen molar-refractivity contribution in [3.63, 3.8) is 0 Å². The van der Waals surface area contributed by atoms with E-state index in [0.29, 0.717) is 10.7 Å². The molecular formula is C14H10ClFN2. The molecule has 0 saturated carbocycles. The number of nitrogens with one attached hydrogen (secondary N) is 1. The molecule has 18 heavy (non-hydrogen) atoms. The maximum atomic E-state index is 13.0. The molecule has 0 radical (unpaired) electrons. The lowest BCUT2D eigenvalue weighted by molar-refractivity contribution is 0.628. The second-order valence-electron chi connectivity index (χ2n) is 3.77. The molecule has 2 nitrogen and oxygen atoms in total. The Bertz CT molecular complexity index is 592. The van der Waals surface area contributed by atoms with Crippen LogP contribution >= 0.6 is 11.6 Å². The minimum Gasteiger partial charge on any atom is -0.366 e. The number of nitrogens with zero attached hydrogens (tertiary/aromatic N) is 1. The largest absolute Gasteiger partial charge is 0.366 e. The average Bonchev–Trinajstić information content (AvgIpc) is 2.36. The predicted molar refractivity (Wildman–Crippen MR) is 69.8 cm³/mol. The molecule has 2 aromatic rings. The van der Waals surface area contributed by atoms with E-state index in [1.807, 2.05) is 0 Å². The number of hydrogen-bond acceptors (Lipinski definition) is 2. The summed E-state index contributed by atoms with van der Waals surface area (Å²) in [7, 11) is 0. The van der Waals surface area contributed by atoms with Gasteiger partial charge in [0.25, 0.3) is 0 Å². The smallest absolute Gasteiger partial charge is 0.140 e. The summed E-state index contributed by atoms with van der Waals surface area (Å²) >= 11 is 5.88. The highest BCUT2D eigenvalue weighted by molar-refractivity contribution is 6.30. The SMILES string of the molecule is N#CC(Nc1cccc(F)c1)c1cccc(Cl)c1. The fraction of sp³-hybridized carbons (Fsp3) is 0.0714. The Kier molecular flexibility index (Phi) is 3.81. The first-order valence-corrected chi connectivity index (χ1v) is 5.74. The zero-order valence-corrected chi connectivity index (χ0v) is 10.2. The Morgan fingerprint density at radius 3 is 2.61 bits per heavy atom. The van der Waals surface area contributed by atoms with Crippen LogP contribution in [0.25, 0.3) is 0 Å². The highest BCUT2D eigenvalue weighted by Crippen LogP contribution is 2.22. The summed E-state index contributed by atoms with van der Waals surface area (Å²) < 4.78 is 13.0. The molecule has 0 amide bonds. The van der Waals surface area contributed by atoms with E-state index in [0.717, 1.165) is 5.56 Å². The van der Waals surface area contributed by atoms with Crippen molar-refractivity contribution in [1.82, 2.24) is 0 Å². The van der Waals surface area contributed by atoms with Crippen LogP contribution in [0.2, 0.25) is 5.02 Å². The number of benzene rings is 2. The zero-order valence-electron chi connectivity index (χ0n) is 9.40. The Morgan fingerprint density at radius 1 is 1.17 bits per heavy atom. The van der Waals surface area contributed by atoms with Crippen LogP contribution in [-0.4, -0.2) is 0 Å². The molecule has 0 saturated heterocycles. The molecule has 1 atom stereocenters. The summed E-state index contributed by atoms with van der Waals surface area (Å²) in [6, 6.07) is 14.6. The van der Waals surface area contributed by atoms with Gasteiger partial charge in [-0.1, -0.05) is 29.8 Å². The molecule has 2 aromatic carbocycles. The minimum atomic E-state index is -0.564. The number of rotatable bonds is 3. The first-order chi connectivity index (χ1) is 8.69. The number of nitriles is 1. The third-order valence-corrected chi connectivity index (χ3v) is 2.68. The molecule has 1 N–H and O–H groups in total. The van der Waals surface area contributed by atoms with Crippen LogP contribution in [-0.2, 0) is 0 Å². The van der Waals surface area contributed by atoms with Gasteiger partial charge in [0.15, 0.2) is 0 Å². The van der Waals surface area contributed by atoms with Crippen LogP contribution in [0, 0.1) is 17.1 Å². The molecule has 0 fully saturated rings. The van der Waals surface area contributed by atoms with Crippen LogP contribution in [0.3, 0.4) is 0 Å². The maximum absolute atomic E-state index is 13.0. The van der Waals surface area contributed by atoms with Gasteiger partial charge in [0, 0.05) is 10.7 Å². The lowest BCUT2D eigenvalue weighted by atomic mass is 10.1. The Hall–Kier alpha value is -2.05. The van der Waals surface area contributed by atoms with Crippen molar-refractivity contribution < 1.29 is 4.39 Å². The number of hydrogen-bond donors (Lipinski definition) is 1. The van der Waals surface area contributed by atoms with Gasteiger partial charge in [-0.25, -0.2) is 4.39 Å². The lowest BCUT2D eigenvalue weighted by Gasteiger charge is -2.13. The van der Waals surface area contributed by atoms with Gasteiger partial charge in [0.2, 0.25) is 0 Å². The van der Waals surface area contributed by atoms with Crippen LogP contribution < -0.4 is 5.32 Å². The second-order valence-corrected chi connectivity index (χ2v) is 4.21. The van der Waals surface area contributed by atoms with Crippen molar-refractivity contribution >= 4 is 17.3 Å². The summed E-state index contributed by atoms with van der Waals surface area (Å²) in [6.45, 7) is 0. The molecule has 0 bridgehead atoms. The molecular weight excluding hydrogens is 251 g/mol. The number of halogens is 2. The van der Waals surface area contributed by atoms with Gasteiger partial charge in [0.1, 0.15) is 11.9 Å². The van der Waals surface area contributed by atoms with Crippen molar-refractivity contribution in [3.8, 4) is 6.07 Å². The van der Waals surface area contributed by atoms with Gasteiger partial charge in [0.05, 0.1) is 6.07 Å². The zero-order chi connectivity index (χ0) is 13.0. The molecule has 0 aliphatic rings. The summed E-state index contributed by atoms with van der Waals surface area (Å²) in [5.74, 6) is -0.345. The molecule has 90 valence electrons. The van der Waals surface area contributed by atoms with E-state index in [-0.39, 0.29) is 5.82 Å². The quantitative estimate of drug-likeness (QED) is 0.900. The molecule has 1 unspecified atom stereocenters. The van der Waals surface area contributed by atoms with Crippen molar-refractivity contribution in [3.05, 3.63) is 64.9 Å². The minimum absolute atomic E-state index is 0.345. The monoisotopic (exact) mass is 260 g/mol. The van der Waals surface area contributed by atoms with Crippen molar-refractivity contribution in [2.24, 2.45) is 0 Å². The van der Waals surface area contributed by atoms with Gasteiger partial charge in [-0.05, 0) is 35.9 Å². The van der Waals surface area contributed by atoms with Crippen LogP contribution in [0.1, 0.15) is 11.6 Å². The summed E-state index contributed by atoms with van der Waals surface area (Å²) in [6.07, 6.45) is 0. The fourth-order valence-corrected chi connectivity index (χ4v) is 1.82. The Morgan fingerprint density at radius 2 is 1.94 bits per heavy atom. The normalized spacial score (nSPS) is 11.6. The van der Waals surface area contributed by atoms with Gasteiger partial charge in [-0.15, -0.1) is 0 Å². The van der Waals surface area contributed by atoms with E-state index >= 15 is 0 Å². The van der Waals surface area contributed by atoms with Crippen molar-refractivity contribution in [1.29, 1.82) is 5.26 Å². The molecule has 0 aliphatic carbocycles. The molecule has 2 rings (SSSR count). The van der Waals surface area contributed by atoms with Crippen molar-refractivity contribution in [2.75, 3.05) is 5.32 Å². The van der Waals surface area contributed by atoms with Crippen LogP contribution in [0.15, 0.2) is 48.5 Å². The summed E-state index contributed by atoms with van der Waals surface area (Å²) in [4.78, 5) is 0. The average molecular weight is 261 g/mol. The lowest BCUT2D eigenvalue weighted by Crippen LogP contribution is -2.08. The third-order valence-electron chi connectivity index (χ3n) is 2.45. The van der Waals surface area contributed by atoms with Crippen molar-refractivity contribution in [2.45, 2.75) is 6.04 Å². The van der Waals surface area contributed by atoms with E-state index in [1.165, 1.54) is 12.1 Å². The fourth-order valence-electron chi connectivity index (χ4n) is 1.62. The summed E-state index contributed by atoms with van der Waals surface area (Å²) in [5.41, 5.74) is 1.30. The molecule has 0 aromatic heterocycles. The van der Waals surface area contributed by atoms with Gasteiger partial charge in [-0.2, -0.15) is 5.26 Å². The topological polar surface area (TPSA) is 35.8 Å². The van der Waals surface area contributed by atoms with Crippen LogP contribution in [0.5, 0.6) is 0 Å². The van der Waals surface area contributed by atoms with E-state index in [1.54, 1.807) is 36.4 Å². The van der Waals surface area contributed by atoms with Gasteiger partial charge >= 0.3 is 0 Å². The standard InChI is InChI=1S/C14H10ClFN2/c15-11-4-1-3-10(7-11)14(9-17)18-13-6-2-5-12(16)8-13/h1-8,14,18H. The molecule has 0 heterocycles. The van der Waals surface area contributed by atoms with Crippen LogP contribution in [0.4, 0.5) is 10.1 Å². The number of anilines is 1. The first kappa shape index (κ1) is 12.4. The Balaban J connectivity index is 2.23. The first-order valence-electron chi connectivity index (χ1n) is 5.36. The predicted octanol–water partition coefficient (Wildman–Crippen LogP) is 4.16. The summed E-state index contributed by atoms with van der Waals surface area (Å²) in [5, 5.41) is 12.7. The van der Waals surface area contributed by atoms with E-state index in [9.17, 15) is 4.39 Å². The highest BCUT2D eigenvalue weighted by atomic mass is 35.5. The van der Waals surface area contributed by atoms with E-state index in [2.05, 4.69) is 11.4 Å². The van der Waals surface area contributed by atoms with E-state index < -0.39 is 6.04 Å². The third kappa shape index (κ3) is 2.99. The highest BCUT2D eigenvalue weighted by Gasteiger charge is 2.10. The maximum Gasteiger partial charge on any atom is 0.140 e. The molecule has 4 heteroatoms.